The van der Waals surface area contributed by atoms with E-state index in [1.54, 1.807) is 0 Å². The van der Waals surface area contributed by atoms with Crippen LogP contribution in [0.4, 0.5) is 4.79 Å². The molecule has 0 aromatic rings. The Morgan fingerprint density at radius 3 is 2.50 bits per heavy atom. The minimum absolute atomic E-state index is 0.00822. The van der Waals surface area contributed by atoms with Gasteiger partial charge in [0.05, 0.1) is 0 Å². The van der Waals surface area contributed by atoms with Gasteiger partial charge in [-0.05, 0) is 46.5 Å². The number of carbonyl (C=O) groups excluding carboxylic acids is 2. The minimum Gasteiger partial charge on any atom is -0.444 e. The number of nitrogens with one attached hydrogen (secondary N) is 2. The van der Waals surface area contributed by atoms with Crippen molar-refractivity contribution >= 4 is 12.0 Å². The summed E-state index contributed by atoms with van der Waals surface area (Å²) in [5, 5.41) is 5.87. The van der Waals surface area contributed by atoms with Gasteiger partial charge in [0.25, 0.3) is 0 Å². The number of hydrogen-bond acceptors (Lipinski definition) is 4. The van der Waals surface area contributed by atoms with Crippen molar-refractivity contribution in [2.45, 2.75) is 89.9 Å². The Bertz CT molecular complexity index is 379. The molecule has 2 unspecified atom stereocenters. The van der Waals surface area contributed by atoms with Gasteiger partial charge in [-0.15, -0.1) is 0 Å². The molecule has 1 aliphatic carbocycles. The average Bonchev–Trinajstić information content (AvgIpc) is 2.38. The van der Waals surface area contributed by atoms with Gasteiger partial charge in [0.15, 0.2) is 0 Å². The summed E-state index contributed by atoms with van der Waals surface area (Å²) in [6, 6.07) is -0.147. The molecule has 0 bridgehead atoms. The average molecular weight is 313 g/mol. The lowest BCUT2D eigenvalue weighted by atomic mass is 9.87. The molecule has 0 saturated heterocycles. The van der Waals surface area contributed by atoms with E-state index in [2.05, 4.69) is 17.6 Å². The first-order valence-corrected chi connectivity index (χ1v) is 8.25. The van der Waals surface area contributed by atoms with E-state index in [0.29, 0.717) is 12.8 Å². The fraction of sp³-hybridized carbons (Fsp3) is 0.875. The molecule has 1 saturated carbocycles. The van der Waals surface area contributed by atoms with E-state index in [-0.39, 0.29) is 24.0 Å². The Hall–Kier alpha value is -1.30. The number of amides is 2. The molecule has 0 aromatic heterocycles. The van der Waals surface area contributed by atoms with Gasteiger partial charge < -0.3 is 21.1 Å². The molecule has 1 fully saturated rings. The first kappa shape index (κ1) is 18.7. The third kappa shape index (κ3) is 7.11. The summed E-state index contributed by atoms with van der Waals surface area (Å²) in [4.78, 5) is 23.7. The van der Waals surface area contributed by atoms with Crippen LogP contribution in [0.15, 0.2) is 0 Å². The molecule has 1 aliphatic rings. The molecular weight excluding hydrogens is 282 g/mol. The molecule has 2 amide bonds. The lowest BCUT2D eigenvalue weighted by Gasteiger charge is -2.35. The maximum absolute atomic E-state index is 11.9. The number of alkyl carbamates (subject to hydrolysis) is 1. The van der Waals surface area contributed by atoms with Crippen LogP contribution in [-0.4, -0.2) is 35.7 Å². The molecule has 1 rings (SSSR count). The van der Waals surface area contributed by atoms with Crippen molar-refractivity contribution in [1.29, 1.82) is 0 Å². The summed E-state index contributed by atoms with van der Waals surface area (Å²) in [5.74, 6) is 0.0419. The topological polar surface area (TPSA) is 93.5 Å². The van der Waals surface area contributed by atoms with Crippen molar-refractivity contribution in [3.8, 4) is 0 Å². The van der Waals surface area contributed by atoms with Crippen molar-refractivity contribution in [3.63, 3.8) is 0 Å². The van der Waals surface area contributed by atoms with Crippen molar-refractivity contribution in [3.05, 3.63) is 0 Å². The molecule has 6 nitrogen and oxygen atoms in total. The van der Waals surface area contributed by atoms with Gasteiger partial charge >= 0.3 is 6.09 Å². The zero-order valence-corrected chi connectivity index (χ0v) is 14.3. The molecular formula is C16H31N3O3. The maximum atomic E-state index is 11.9. The first-order valence-electron chi connectivity index (χ1n) is 8.25. The Kier molecular flexibility index (Phi) is 7.13. The Morgan fingerprint density at radius 1 is 1.23 bits per heavy atom. The van der Waals surface area contributed by atoms with E-state index in [1.807, 2.05) is 20.8 Å². The van der Waals surface area contributed by atoms with Crippen LogP contribution in [0.2, 0.25) is 0 Å². The fourth-order valence-corrected chi connectivity index (χ4v) is 2.58. The Balaban J connectivity index is 2.45. The smallest absolute Gasteiger partial charge is 0.407 e. The fourth-order valence-electron chi connectivity index (χ4n) is 2.58. The van der Waals surface area contributed by atoms with Crippen molar-refractivity contribution in [2.75, 3.05) is 0 Å². The summed E-state index contributed by atoms with van der Waals surface area (Å²) < 4.78 is 5.27. The second-order valence-corrected chi connectivity index (χ2v) is 7.10. The van der Waals surface area contributed by atoms with Crippen LogP contribution < -0.4 is 16.4 Å². The van der Waals surface area contributed by atoms with Crippen molar-refractivity contribution in [1.82, 2.24) is 10.6 Å². The third-order valence-electron chi connectivity index (χ3n) is 3.73. The maximum Gasteiger partial charge on any atom is 0.407 e. The lowest BCUT2D eigenvalue weighted by molar-refractivity contribution is -0.122. The van der Waals surface area contributed by atoms with Gasteiger partial charge in [-0.1, -0.05) is 13.3 Å². The molecule has 0 aromatic carbocycles. The first-order chi connectivity index (χ1) is 10.2. The normalized spacial score (nSPS) is 25.4. The van der Waals surface area contributed by atoms with Crippen molar-refractivity contribution < 1.29 is 14.3 Å². The van der Waals surface area contributed by atoms with Gasteiger partial charge in [0, 0.05) is 24.5 Å². The predicted octanol–water partition coefficient (Wildman–Crippen LogP) is 2.07. The summed E-state index contributed by atoms with van der Waals surface area (Å²) in [6.07, 6.45) is 4.23. The molecule has 0 aliphatic heterocycles. The monoisotopic (exact) mass is 313 g/mol. The number of hydrogen-bond donors (Lipinski definition) is 3. The van der Waals surface area contributed by atoms with Crippen LogP contribution in [0.3, 0.4) is 0 Å². The van der Waals surface area contributed by atoms with E-state index in [9.17, 15) is 9.59 Å². The third-order valence-corrected chi connectivity index (χ3v) is 3.73. The SMILES string of the molecule is CCCCC(=O)N[C@H]1CC(NC(=O)OC(C)(C)C)CCC1N. The minimum atomic E-state index is -0.511. The highest BCUT2D eigenvalue weighted by Crippen LogP contribution is 2.19. The number of nitrogens with two attached hydrogens (primary N) is 1. The van der Waals surface area contributed by atoms with E-state index in [4.69, 9.17) is 10.5 Å². The lowest BCUT2D eigenvalue weighted by Crippen LogP contribution is -2.55. The molecule has 0 heterocycles. The van der Waals surface area contributed by atoms with Gasteiger partial charge in [-0.3, -0.25) is 4.79 Å². The summed E-state index contributed by atoms with van der Waals surface area (Å²) in [7, 11) is 0. The molecule has 128 valence electrons. The van der Waals surface area contributed by atoms with Crippen LogP contribution in [0.25, 0.3) is 0 Å². The molecule has 3 atom stereocenters. The van der Waals surface area contributed by atoms with Gasteiger partial charge in [-0.2, -0.15) is 0 Å². The van der Waals surface area contributed by atoms with E-state index in [1.165, 1.54) is 0 Å². The number of rotatable bonds is 5. The number of unbranched alkanes of at least 4 members (excludes halogenated alkanes) is 1. The number of carbonyl (C=O) groups is 2. The van der Waals surface area contributed by atoms with Crippen LogP contribution in [0.1, 0.15) is 66.2 Å². The summed E-state index contributed by atoms with van der Waals surface area (Å²) in [6.45, 7) is 7.56. The van der Waals surface area contributed by atoms with Gasteiger partial charge in [0.1, 0.15) is 5.60 Å². The Morgan fingerprint density at radius 2 is 1.91 bits per heavy atom. The largest absolute Gasteiger partial charge is 0.444 e. The van der Waals surface area contributed by atoms with Crippen LogP contribution in [-0.2, 0) is 9.53 Å². The quantitative estimate of drug-likeness (QED) is 0.724. The molecule has 0 spiro atoms. The van der Waals surface area contributed by atoms with Crippen LogP contribution >= 0.6 is 0 Å². The van der Waals surface area contributed by atoms with E-state index >= 15 is 0 Å². The highest BCUT2D eigenvalue weighted by Gasteiger charge is 2.30. The zero-order chi connectivity index (χ0) is 16.8. The van der Waals surface area contributed by atoms with E-state index in [0.717, 1.165) is 25.7 Å². The van der Waals surface area contributed by atoms with Crippen molar-refractivity contribution in [2.24, 2.45) is 5.73 Å². The molecule has 6 heteroatoms. The van der Waals surface area contributed by atoms with Gasteiger partial charge in [0.2, 0.25) is 5.91 Å². The molecule has 0 radical (unpaired) electrons. The second-order valence-electron chi connectivity index (χ2n) is 7.10. The number of ether oxygens (including phenoxy) is 1. The highest BCUT2D eigenvalue weighted by molar-refractivity contribution is 5.76. The van der Waals surface area contributed by atoms with Crippen LogP contribution in [0, 0.1) is 0 Å². The second kappa shape index (κ2) is 8.36. The molecule has 22 heavy (non-hydrogen) atoms. The Labute approximate surface area is 133 Å². The summed E-state index contributed by atoms with van der Waals surface area (Å²) >= 11 is 0. The highest BCUT2D eigenvalue weighted by atomic mass is 16.6. The summed E-state index contributed by atoms with van der Waals surface area (Å²) in [5.41, 5.74) is 5.58. The van der Waals surface area contributed by atoms with Gasteiger partial charge in [-0.25, -0.2) is 4.79 Å². The molecule has 4 N–H and O–H groups in total. The van der Waals surface area contributed by atoms with E-state index < -0.39 is 11.7 Å². The van der Waals surface area contributed by atoms with Crippen LogP contribution in [0.5, 0.6) is 0 Å². The predicted molar refractivity (Wildman–Crippen MR) is 86.4 cm³/mol. The zero-order valence-electron chi connectivity index (χ0n) is 14.3. The standard InChI is InChI=1S/C16H31N3O3/c1-5-6-7-14(20)19-13-10-11(8-9-12(13)17)18-15(21)22-16(2,3)4/h11-13H,5-10,17H2,1-4H3,(H,18,21)(H,19,20)/t11?,12?,13-/m0/s1.